The predicted molar refractivity (Wildman–Crippen MR) is 101 cm³/mol. The lowest BCUT2D eigenvalue weighted by atomic mass is 10.0. The summed E-state index contributed by atoms with van der Waals surface area (Å²) in [5.74, 6) is 1.06. The maximum absolute atomic E-state index is 12.4. The number of para-hydroxylation sites is 2. The number of urea groups is 1. The molecule has 8 heteroatoms. The molecule has 142 valence electrons. The average molecular weight is 390 g/mol. The molecule has 3 amide bonds. The van der Waals surface area contributed by atoms with Gasteiger partial charge in [0.2, 0.25) is 5.91 Å². The molecule has 0 aromatic heterocycles. The maximum atomic E-state index is 12.4. The van der Waals surface area contributed by atoms with E-state index >= 15 is 0 Å². The molecule has 1 heterocycles. The highest BCUT2D eigenvalue weighted by Gasteiger charge is 2.23. The molecule has 0 radical (unpaired) electrons. The van der Waals surface area contributed by atoms with E-state index in [4.69, 9.17) is 26.8 Å². The van der Waals surface area contributed by atoms with Crippen LogP contribution in [0.25, 0.3) is 0 Å². The molecular formula is C19H20ClN3O4. The van der Waals surface area contributed by atoms with Crippen molar-refractivity contribution in [1.82, 2.24) is 10.6 Å². The number of rotatable bonds is 6. The Morgan fingerprint density at radius 2 is 1.85 bits per heavy atom. The van der Waals surface area contributed by atoms with Crippen LogP contribution in [0.15, 0.2) is 48.5 Å². The molecule has 2 aromatic rings. The number of hydrogen-bond donors (Lipinski definition) is 3. The monoisotopic (exact) mass is 389 g/mol. The number of nitrogens with two attached hydrogens (primary N) is 1. The van der Waals surface area contributed by atoms with Crippen LogP contribution in [0.1, 0.15) is 18.0 Å². The van der Waals surface area contributed by atoms with Gasteiger partial charge in [0.1, 0.15) is 12.7 Å². The minimum Gasteiger partial charge on any atom is -0.486 e. The number of amides is 3. The van der Waals surface area contributed by atoms with Gasteiger partial charge in [-0.15, -0.1) is 0 Å². The number of nitrogens with one attached hydrogen (secondary N) is 2. The van der Waals surface area contributed by atoms with E-state index in [1.165, 1.54) is 0 Å². The number of halogens is 1. The zero-order valence-electron chi connectivity index (χ0n) is 14.5. The van der Waals surface area contributed by atoms with Crippen LogP contribution < -0.4 is 25.8 Å². The van der Waals surface area contributed by atoms with Gasteiger partial charge in [0.15, 0.2) is 11.5 Å². The molecule has 0 saturated heterocycles. The minimum absolute atomic E-state index is 0.00314. The number of carbonyl (C=O) groups is 2. The summed E-state index contributed by atoms with van der Waals surface area (Å²) in [6.45, 7) is 0.615. The number of benzene rings is 2. The SMILES string of the molecule is NC(=O)N[C@@H](CC(=O)NC[C@@H]1COc2ccccc2O1)c1ccccc1Cl. The molecule has 27 heavy (non-hydrogen) atoms. The van der Waals surface area contributed by atoms with Gasteiger partial charge < -0.3 is 25.8 Å². The molecule has 0 saturated carbocycles. The molecule has 2 aromatic carbocycles. The van der Waals surface area contributed by atoms with Crippen molar-refractivity contribution in [2.24, 2.45) is 5.73 Å². The Balaban J connectivity index is 1.57. The van der Waals surface area contributed by atoms with E-state index in [-0.39, 0.29) is 25.0 Å². The number of hydrogen-bond acceptors (Lipinski definition) is 4. The van der Waals surface area contributed by atoms with Gasteiger partial charge in [0.05, 0.1) is 19.0 Å². The van der Waals surface area contributed by atoms with Gasteiger partial charge in [-0.3, -0.25) is 4.79 Å². The minimum atomic E-state index is -0.728. The third-order valence-corrected chi connectivity index (χ3v) is 4.43. The zero-order chi connectivity index (χ0) is 19.2. The van der Waals surface area contributed by atoms with Gasteiger partial charge in [0, 0.05) is 5.02 Å². The second-order valence-electron chi connectivity index (χ2n) is 6.09. The molecule has 0 unspecified atom stereocenters. The van der Waals surface area contributed by atoms with E-state index in [0.717, 1.165) is 0 Å². The quantitative estimate of drug-likeness (QED) is 0.705. The van der Waals surface area contributed by atoms with Gasteiger partial charge in [-0.25, -0.2) is 4.79 Å². The van der Waals surface area contributed by atoms with E-state index in [1.54, 1.807) is 24.3 Å². The fourth-order valence-electron chi connectivity index (χ4n) is 2.82. The Morgan fingerprint density at radius 3 is 2.59 bits per heavy atom. The van der Waals surface area contributed by atoms with Crippen LogP contribution in [0.5, 0.6) is 11.5 Å². The maximum Gasteiger partial charge on any atom is 0.312 e. The Labute approximate surface area is 161 Å². The van der Waals surface area contributed by atoms with E-state index in [9.17, 15) is 9.59 Å². The zero-order valence-corrected chi connectivity index (χ0v) is 15.2. The molecule has 0 fully saturated rings. The van der Waals surface area contributed by atoms with Gasteiger partial charge >= 0.3 is 6.03 Å². The first-order chi connectivity index (χ1) is 13.0. The average Bonchev–Trinajstić information content (AvgIpc) is 2.66. The van der Waals surface area contributed by atoms with Crippen molar-refractivity contribution in [3.8, 4) is 11.5 Å². The summed E-state index contributed by atoms with van der Waals surface area (Å²) in [5.41, 5.74) is 5.86. The van der Waals surface area contributed by atoms with Crippen molar-refractivity contribution in [1.29, 1.82) is 0 Å². The summed E-state index contributed by atoms with van der Waals surface area (Å²) in [7, 11) is 0. The van der Waals surface area contributed by atoms with Crippen molar-refractivity contribution in [2.45, 2.75) is 18.6 Å². The van der Waals surface area contributed by atoms with Crippen LogP contribution in [-0.4, -0.2) is 31.2 Å². The van der Waals surface area contributed by atoms with Crippen LogP contribution in [-0.2, 0) is 4.79 Å². The van der Waals surface area contributed by atoms with Crippen LogP contribution in [0, 0.1) is 0 Å². The highest BCUT2D eigenvalue weighted by atomic mass is 35.5. The number of fused-ring (bicyclic) bond motifs is 1. The standard InChI is InChI=1S/C19H20ClN3O4/c20-14-6-2-1-5-13(14)15(23-19(21)25)9-18(24)22-10-12-11-26-16-7-3-4-8-17(16)27-12/h1-8,12,15H,9-11H2,(H,22,24)(H3,21,23,25)/t12-,15+/m1/s1. The normalized spacial score (nSPS) is 16.3. The number of carbonyl (C=O) groups excluding carboxylic acids is 2. The first kappa shape index (κ1) is 18.8. The highest BCUT2D eigenvalue weighted by molar-refractivity contribution is 6.31. The summed E-state index contributed by atoms with van der Waals surface area (Å²) in [5, 5.41) is 5.80. The molecule has 2 atom stereocenters. The van der Waals surface area contributed by atoms with Gasteiger partial charge in [-0.2, -0.15) is 0 Å². The van der Waals surface area contributed by atoms with E-state index in [0.29, 0.717) is 28.7 Å². The van der Waals surface area contributed by atoms with Gasteiger partial charge in [-0.1, -0.05) is 41.9 Å². The first-order valence-corrected chi connectivity index (χ1v) is 8.86. The Kier molecular flexibility index (Phi) is 6.03. The lowest BCUT2D eigenvalue weighted by Gasteiger charge is -2.27. The van der Waals surface area contributed by atoms with Crippen molar-refractivity contribution >= 4 is 23.5 Å². The molecule has 3 rings (SSSR count). The highest BCUT2D eigenvalue weighted by Crippen LogP contribution is 2.30. The third kappa shape index (κ3) is 5.04. The topological polar surface area (TPSA) is 103 Å². The molecule has 7 nitrogen and oxygen atoms in total. The Bertz CT molecular complexity index is 830. The summed E-state index contributed by atoms with van der Waals surface area (Å²) >= 11 is 6.17. The van der Waals surface area contributed by atoms with Gasteiger partial charge in [0.25, 0.3) is 0 Å². The molecule has 0 bridgehead atoms. The summed E-state index contributed by atoms with van der Waals surface area (Å²) in [6.07, 6.45) is -0.302. The molecule has 0 spiro atoms. The Hall–Kier alpha value is -2.93. The second-order valence-corrected chi connectivity index (χ2v) is 6.50. The van der Waals surface area contributed by atoms with Crippen LogP contribution in [0.3, 0.4) is 0 Å². The van der Waals surface area contributed by atoms with Crippen molar-refractivity contribution in [3.63, 3.8) is 0 Å². The van der Waals surface area contributed by atoms with E-state index in [1.807, 2.05) is 24.3 Å². The molecule has 1 aliphatic rings. The summed E-state index contributed by atoms with van der Waals surface area (Å²) in [4.78, 5) is 23.7. The molecule has 4 N–H and O–H groups in total. The largest absolute Gasteiger partial charge is 0.486 e. The van der Waals surface area contributed by atoms with Crippen LogP contribution in [0.4, 0.5) is 4.79 Å². The molecule has 1 aliphatic heterocycles. The number of ether oxygens (including phenoxy) is 2. The van der Waals surface area contributed by atoms with Crippen LogP contribution >= 0.6 is 11.6 Å². The van der Waals surface area contributed by atoms with E-state index < -0.39 is 12.1 Å². The smallest absolute Gasteiger partial charge is 0.312 e. The molecular weight excluding hydrogens is 370 g/mol. The van der Waals surface area contributed by atoms with Gasteiger partial charge in [-0.05, 0) is 23.8 Å². The molecule has 0 aliphatic carbocycles. The van der Waals surface area contributed by atoms with Crippen molar-refractivity contribution in [2.75, 3.05) is 13.2 Å². The lowest BCUT2D eigenvalue weighted by molar-refractivity contribution is -0.122. The van der Waals surface area contributed by atoms with Crippen LogP contribution in [0.2, 0.25) is 5.02 Å². The fourth-order valence-corrected chi connectivity index (χ4v) is 3.08. The fraction of sp³-hybridized carbons (Fsp3) is 0.263. The van der Waals surface area contributed by atoms with Crippen molar-refractivity contribution in [3.05, 3.63) is 59.1 Å². The summed E-state index contributed by atoms with van der Waals surface area (Å²) in [6, 6.07) is 13.0. The first-order valence-electron chi connectivity index (χ1n) is 8.48. The predicted octanol–water partition coefficient (Wildman–Crippen LogP) is 2.40. The Morgan fingerprint density at radius 1 is 1.15 bits per heavy atom. The van der Waals surface area contributed by atoms with E-state index in [2.05, 4.69) is 10.6 Å². The third-order valence-electron chi connectivity index (χ3n) is 4.08. The number of primary amides is 1. The van der Waals surface area contributed by atoms with Crippen molar-refractivity contribution < 1.29 is 19.1 Å². The summed E-state index contributed by atoms with van der Waals surface area (Å²) < 4.78 is 11.4. The second kappa shape index (κ2) is 8.64. The lowest BCUT2D eigenvalue weighted by Crippen LogP contribution is -2.42.